The van der Waals surface area contributed by atoms with Crippen LogP contribution in [0.25, 0.3) is 0 Å². The van der Waals surface area contributed by atoms with E-state index in [1.54, 1.807) is 6.08 Å². The second-order valence-electron chi connectivity index (χ2n) is 5.30. The molecule has 0 bridgehead atoms. The van der Waals surface area contributed by atoms with Gasteiger partial charge in [0.05, 0.1) is 30.6 Å². The van der Waals surface area contributed by atoms with Crippen molar-refractivity contribution in [1.29, 1.82) is 0 Å². The predicted octanol–water partition coefficient (Wildman–Crippen LogP) is 1.02. The van der Waals surface area contributed by atoms with Gasteiger partial charge in [-0.1, -0.05) is 19.3 Å². The molecule has 0 saturated heterocycles. The van der Waals surface area contributed by atoms with Crippen LogP contribution < -0.4 is 0 Å². The van der Waals surface area contributed by atoms with Gasteiger partial charge in [0.2, 0.25) is 24.3 Å². The van der Waals surface area contributed by atoms with Crippen molar-refractivity contribution in [3.8, 4) is 0 Å². The fourth-order valence-electron chi connectivity index (χ4n) is 3.13. The summed E-state index contributed by atoms with van der Waals surface area (Å²) in [6.45, 7) is -0.298. The minimum atomic E-state index is -1.04. The highest BCUT2D eigenvalue weighted by Crippen LogP contribution is 2.46. The molecule has 1 saturated carbocycles. The maximum atomic E-state index is 10.9. The summed E-state index contributed by atoms with van der Waals surface area (Å²) in [5.41, 5.74) is -1.97. The Morgan fingerprint density at radius 2 is 1.18 bits per heavy atom. The van der Waals surface area contributed by atoms with E-state index in [1.165, 1.54) is 18.2 Å². The molecule has 116 valence electrons. The predicted molar refractivity (Wildman–Crippen MR) is 75.3 cm³/mol. The molecule has 0 N–H and O–H groups in total. The maximum absolute atomic E-state index is 10.9. The molecular formula is C14H16N4O4. The zero-order valence-electron chi connectivity index (χ0n) is 12.1. The zero-order valence-corrected chi connectivity index (χ0v) is 12.1. The Kier molecular flexibility index (Phi) is 6.97. The van der Waals surface area contributed by atoms with Gasteiger partial charge in [0.1, 0.15) is 0 Å². The molecule has 0 atom stereocenters. The van der Waals surface area contributed by atoms with E-state index in [1.807, 2.05) is 0 Å². The van der Waals surface area contributed by atoms with E-state index < -0.39 is 11.0 Å². The lowest BCUT2D eigenvalue weighted by Crippen LogP contribution is -2.54. The van der Waals surface area contributed by atoms with Crippen LogP contribution in [0.3, 0.4) is 0 Å². The Morgan fingerprint density at radius 1 is 0.727 bits per heavy atom. The number of aliphatic imine (C=N–C) groups is 4. The zero-order chi connectivity index (χ0) is 16.3. The summed E-state index contributed by atoms with van der Waals surface area (Å²) in [5.74, 6) is 0. The molecule has 0 aromatic carbocycles. The van der Waals surface area contributed by atoms with Gasteiger partial charge in [-0.25, -0.2) is 34.2 Å². The van der Waals surface area contributed by atoms with E-state index in [0.717, 1.165) is 19.3 Å². The third kappa shape index (κ3) is 3.79. The Labute approximate surface area is 127 Å². The van der Waals surface area contributed by atoms with Crippen LogP contribution in [0.1, 0.15) is 32.1 Å². The summed E-state index contributed by atoms with van der Waals surface area (Å²) in [6.07, 6.45) is 9.54. The van der Waals surface area contributed by atoms with Crippen molar-refractivity contribution >= 4 is 24.3 Å². The molecule has 0 amide bonds. The van der Waals surface area contributed by atoms with E-state index in [9.17, 15) is 19.2 Å². The summed E-state index contributed by atoms with van der Waals surface area (Å²) in [6, 6.07) is 0. The maximum Gasteiger partial charge on any atom is 0.235 e. The molecule has 0 aromatic rings. The van der Waals surface area contributed by atoms with Crippen LogP contribution in [0, 0.1) is 5.41 Å². The molecule has 0 unspecified atom stereocenters. The van der Waals surface area contributed by atoms with Gasteiger partial charge in [0, 0.05) is 0 Å². The summed E-state index contributed by atoms with van der Waals surface area (Å²) >= 11 is 0. The van der Waals surface area contributed by atoms with Crippen LogP contribution in [0.2, 0.25) is 0 Å². The van der Waals surface area contributed by atoms with Crippen molar-refractivity contribution in [3.05, 3.63) is 0 Å². The van der Waals surface area contributed by atoms with Gasteiger partial charge < -0.3 is 0 Å². The Balaban J connectivity index is 3.43. The normalized spacial score (nSPS) is 18.4. The topological polar surface area (TPSA) is 118 Å². The van der Waals surface area contributed by atoms with E-state index in [0.29, 0.717) is 12.8 Å². The molecule has 0 radical (unpaired) electrons. The summed E-state index contributed by atoms with van der Waals surface area (Å²) in [4.78, 5) is 57.2. The summed E-state index contributed by atoms with van der Waals surface area (Å²) in [5, 5.41) is 0. The molecule has 0 aliphatic heterocycles. The SMILES string of the molecule is O=C=NCC(CN=C=O)(CN=C=O)C1(N=C=O)CCCCC1. The second kappa shape index (κ2) is 8.73. The standard InChI is InChI=1S/C14H16N4O4/c19-9-15-6-13(7-16-10-20,8-17-11-21)14(18-12-22)4-2-1-3-5-14/h1-8H2. The second-order valence-corrected chi connectivity index (χ2v) is 5.30. The first-order chi connectivity index (χ1) is 10.7. The highest BCUT2D eigenvalue weighted by molar-refractivity contribution is 5.39. The molecule has 1 aliphatic carbocycles. The molecule has 1 rings (SSSR count). The third-order valence-electron chi connectivity index (χ3n) is 4.27. The van der Waals surface area contributed by atoms with Gasteiger partial charge in [0.25, 0.3) is 0 Å². The van der Waals surface area contributed by atoms with E-state index in [4.69, 9.17) is 0 Å². The monoisotopic (exact) mass is 304 g/mol. The number of hydrogen-bond donors (Lipinski definition) is 0. The molecule has 8 nitrogen and oxygen atoms in total. The summed E-state index contributed by atoms with van der Waals surface area (Å²) in [7, 11) is 0. The van der Waals surface area contributed by atoms with Crippen LogP contribution in [0.15, 0.2) is 20.0 Å². The molecule has 0 aromatic heterocycles. The molecule has 1 aliphatic rings. The first-order valence-corrected chi connectivity index (χ1v) is 6.90. The summed E-state index contributed by atoms with van der Waals surface area (Å²) < 4.78 is 0. The van der Waals surface area contributed by atoms with Crippen molar-refractivity contribution < 1.29 is 19.2 Å². The Hall–Kier alpha value is -2.48. The number of hydrogen-bond acceptors (Lipinski definition) is 8. The number of rotatable bonds is 8. The number of isocyanates is 4. The van der Waals surface area contributed by atoms with Gasteiger partial charge in [-0.05, 0) is 12.8 Å². The average molecular weight is 304 g/mol. The molecule has 0 heterocycles. The van der Waals surface area contributed by atoms with Gasteiger partial charge >= 0.3 is 0 Å². The van der Waals surface area contributed by atoms with Crippen LogP contribution in [0.4, 0.5) is 0 Å². The van der Waals surface area contributed by atoms with Crippen LogP contribution in [-0.4, -0.2) is 49.5 Å². The lowest BCUT2D eigenvalue weighted by molar-refractivity contribution is 0.105. The smallest absolute Gasteiger partial charge is 0.211 e. The number of carbonyl (C=O) groups excluding carboxylic acids is 4. The first kappa shape index (κ1) is 17.6. The highest BCUT2D eigenvalue weighted by Gasteiger charge is 2.52. The van der Waals surface area contributed by atoms with Crippen molar-refractivity contribution in [2.45, 2.75) is 37.6 Å². The Morgan fingerprint density at radius 3 is 1.55 bits per heavy atom. The van der Waals surface area contributed by atoms with Crippen LogP contribution >= 0.6 is 0 Å². The molecule has 0 spiro atoms. The quantitative estimate of drug-likeness (QED) is 0.491. The lowest BCUT2D eigenvalue weighted by atomic mass is 9.62. The number of nitrogens with zero attached hydrogens (tertiary/aromatic N) is 4. The van der Waals surface area contributed by atoms with Crippen molar-refractivity contribution in [2.75, 3.05) is 19.6 Å². The molecule has 1 fully saturated rings. The molecule has 8 heteroatoms. The highest BCUT2D eigenvalue weighted by atomic mass is 16.1. The Bertz CT molecular complexity index is 521. The van der Waals surface area contributed by atoms with Gasteiger partial charge in [-0.2, -0.15) is 4.99 Å². The van der Waals surface area contributed by atoms with Crippen molar-refractivity contribution in [2.24, 2.45) is 25.4 Å². The third-order valence-corrected chi connectivity index (χ3v) is 4.27. The first-order valence-electron chi connectivity index (χ1n) is 6.90. The van der Waals surface area contributed by atoms with Gasteiger partial charge in [0.15, 0.2) is 0 Å². The average Bonchev–Trinajstić information content (AvgIpc) is 2.55. The van der Waals surface area contributed by atoms with Crippen molar-refractivity contribution in [1.82, 2.24) is 0 Å². The van der Waals surface area contributed by atoms with E-state index >= 15 is 0 Å². The van der Waals surface area contributed by atoms with Gasteiger partial charge in [-0.3, -0.25) is 0 Å². The fraction of sp³-hybridized carbons (Fsp3) is 0.714. The van der Waals surface area contributed by atoms with E-state index in [-0.39, 0.29) is 19.6 Å². The lowest BCUT2D eigenvalue weighted by Gasteiger charge is -2.46. The largest absolute Gasteiger partial charge is 0.235 e. The van der Waals surface area contributed by atoms with E-state index in [2.05, 4.69) is 20.0 Å². The van der Waals surface area contributed by atoms with Crippen molar-refractivity contribution in [3.63, 3.8) is 0 Å². The fourth-order valence-corrected chi connectivity index (χ4v) is 3.13. The van der Waals surface area contributed by atoms with Gasteiger partial charge in [-0.15, -0.1) is 0 Å². The molecular weight excluding hydrogens is 288 g/mol. The van der Waals surface area contributed by atoms with Crippen LogP contribution in [-0.2, 0) is 19.2 Å². The minimum Gasteiger partial charge on any atom is -0.211 e. The minimum absolute atomic E-state index is 0.0992. The van der Waals surface area contributed by atoms with Crippen LogP contribution in [0.5, 0.6) is 0 Å². The molecule has 22 heavy (non-hydrogen) atoms.